The Hall–Kier alpha value is -1.10. The Kier molecular flexibility index (Phi) is 6.03. The average Bonchev–Trinajstić information content (AvgIpc) is 2.48. The van der Waals surface area contributed by atoms with Crippen LogP contribution >= 0.6 is 27.5 Å². The predicted octanol–water partition coefficient (Wildman–Crippen LogP) is 4.93. The van der Waals surface area contributed by atoms with Gasteiger partial charge in [0.2, 0.25) is 0 Å². The third kappa shape index (κ3) is 4.70. The normalized spacial score (nSPS) is 10.7. The minimum absolute atomic E-state index is 0.141. The first-order chi connectivity index (χ1) is 10.1. The van der Waals surface area contributed by atoms with Crippen LogP contribution in [0.2, 0.25) is 5.02 Å². The second kappa shape index (κ2) is 7.78. The van der Waals surface area contributed by atoms with Gasteiger partial charge < -0.3 is 10.1 Å². The van der Waals surface area contributed by atoms with Crippen molar-refractivity contribution in [1.29, 1.82) is 0 Å². The maximum absolute atomic E-state index is 13.8. The van der Waals surface area contributed by atoms with E-state index in [1.165, 1.54) is 6.07 Å². The van der Waals surface area contributed by atoms with Gasteiger partial charge in [0.1, 0.15) is 18.2 Å². The molecule has 2 aromatic rings. The molecule has 0 radical (unpaired) electrons. The summed E-state index contributed by atoms with van der Waals surface area (Å²) in [6.07, 6.45) is 0. The minimum atomic E-state index is -0.277. The van der Waals surface area contributed by atoms with Gasteiger partial charge in [-0.05, 0) is 42.4 Å². The molecule has 0 saturated heterocycles. The van der Waals surface area contributed by atoms with Crippen molar-refractivity contribution in [1.82, 2.24) is 5.32 Å². The van der Waals surface area contributed by atoms with Crippen molar-refractivity contribution in [3.63, 3.8) is 0 Å². The summed E-state index contributed by atoms with van der Waals surface area (Å²) in [6, 6.07) is 10.4. The molecule has 5 heteroatoms. The van der Waals surface area contributed by atoms with Crippen LogP contribution in [0.25, 0.3) is 0 Å². The summed E-state index contributed by atoms with van der Waals surface area (Å²) in [7, 11) is 0. The van der Waals surface area contributed by atoms with Crippen LogP contribution in [0.4, 0.5) is 4.39 Å². The van der Waals surface area contributed by atoms with E-state index in [2.05, 4.69) is 21.2 Å². The third-order valence-corrected chi connectivity index (χ3v) is 3.77. The van der Waals surface area contributed by atoms with Crippen molar-refractivity contribution in [2.24, 2.45) is 0 Å². The van der Waals surface area contributed by atoms with Crippen molar-refractivity contribution < 1.29 is 9.13 Å². The highest BCUT2D eigenvalue weighted by Gasteiger charge is 2.07. The van der Waals surface area contributed by atoms with Gasteiger partial charge in [-0.2, -0.15) is 0 Å². The molecule has 0 atom stereocenters. The molecular formula is C16H16BrClFNO. The zero-order valence-electron chi connectivity index (χ0n) is 11.6. The summed E-state index contributed by atoms with van der Waals surface area (Å²) in [5.74, 6) is 0.254. The molecule has 0 amide bonds. The predicted molar refractivity (Wildman–Crippen MR) is 87.3 cm³/mol. The fraction of sp³-hybridized carbons (Fsp3) is 0.250. The molecule has 2 aromatic carbocycles. The van der Waals surface area contributed by atoms with E-state index in [1.54, 1.807) is 18.2 Å². The molecular weight excluding hydrogens is 357 g/mol. The van der Waals surface area contributed by atoms with E-state index in [-0.39, 0.29) is 12.4 Å². The molecule has 0 aliphatic carbocycles. The van der Waals surface area contributed by atoms with Crippen LogP contribution in [0.5, 0.6) is 5.75 Å². The van der Waals surface area contributed by atoms with Gasteiger partial charge in [0.15, 0.2) is 0 Å². The van der Waals surface area contributed by atoms with E-state index in [4.69, 9.17) is 16.3 Å². The number of ether oxygens (including phenoxy) is 1. The Morgan fingerprint density at radius 3 is 2.81 bits per heavy atom. The molecule has 0 aliphatic rings. The lowest BCUT2D eigenvalue weighted by Crippen LogP contribution is -2.12. The topological polar surface area (TPSA) is 21.3 Å². The molecule has 0 fully saturated rings. The Bertz CT molecular complexity index is 621. The van der Waals surface area contributed by atoms with E-state index in [1.807, 2.05) is 19.1 Å². The van der Waals surface area contributed by atoms with Crippen molar-refractivity contribution in [2.75, 3.05) is 6.54 Å². The summed E-state index contributed by atoms with van der Waals surface area (Å²) >= 11 is 9.41. The average molecular weight is 373 g/mol. The van der Waals surface area contributed by atoms with E-state index in [0.717, 1.165) is 16.6 Å². The molecule has 0 spiro atoms. The zero-order chi connectivity index (χ0) is 15.2. The number of nitrogens with one attached hydrogen (secondary N) is 1. The number of hydrogen-bond acceptors (Lipinski definition) is 2. The first-order valence-electron chi connectivity index (χ1n) is 6.66. The second-order valence-electron chi connectivity index (χ2n) is 4.57. The van der Waals surface area contributed by atoms with E-state index < -0.39 is 0 Å². The molecule has 1 N–H and O–H groups in total. The third-order valence-electron chi connectivity index (χ3n) is 2.97. The van der Waals surface area contributed by atoms with E-state index in [9.17, 15) is 4.39 Å². The Labute approximate surface area is 137 Å². The molecule has 2 rings (SSSR count). The Morgan fingerprint density at radius 1 is 1.24 bits per heavy atom. The van der Waals surface area contributed by atoms with Gasteiger partial charge in [0, 0.05) is 16.6 Å². The van der Waals surface area contributed by atoms with Crippen LogP contribution in [0.15, 0.2) is 40.9 Å². The molecule has 0 bridgehead atoms. The first-order valence-corrected chi connectivity index (χ1v) is 7.83. The van der Waals surface area contributed by atoms with Gasteiger partial charge in [-0.25, -0.2) is 4.39 Å². The summed E-state index contributed by atoms with van der Waals surface area (Å²) in [5, 5.41) is 3.71. The smallest absolute Gasteiger partial charge is 0.139 e. The summed E-state index contributed by atoms with van der Waals surface area (Å²) in [6.45, 7) is 3.75. The van der Waals surface area contributed by atoms with Gasteiger partial charge in [0.25, 0.3) is 0 Å². The lowest BCUT2D eigenvalue weighted by Gasteiger charge is -2.11. The summed E-state index contributed by atoms with van der Waals surface area (Å²) in [5.41, 5.74) is 1.54. The highest BCUT2D eigenvalue weighted by atomic mass is 79.9. The highest BCUT2D eigenvalue weighted by molar-refractivity contribution is 9.10. The quantitative estimate of drug-likeness (QED) is 0.776. The van der Waals surface area contributed by atoms with Gasteiger partial charge in [-0.1, -0.05) is 40.5 Å². The molecule has 0 unspecified atom stereocenters. The summed E-state index contributed by atoms with van der Waals surface area (Å²) < 4.78 is 20.3. The maximum Gasteiger partial charge on any atom is 0.139 e. The molecule has 0 aromatic heterocycles. The fourth-order valence-corrected chi connectivity index (χ4v) is 2.37. The molecule has 0 saturated carbocycles. The Balaban J connectivity index is 2.10. The largest absolute Gasteiger partial charge is 0.487 e. The highest BCUT2D eigenvalue weighted by Crippen LogP contribution is 2.28. The maximum atomic E-state index is 13.8. The van der Waals surface area contributed by atoms with Crippen LogP contribution in [-0.4, -0.2) is 6.54 Å². The number of hydrogen-bond donors (Lipinski definition) is 1. The van der Waals surface area contributed by atoms with Gasteiger partial charge in [0.05, 0.1) is 5.02 Å². The molecule has 112 valence electrons. The van der Waals surface area contributed by atoms with Crippen LogP contribution in [0, 0.1) is 5.82 Å². The fourth-order valence-electron chi connectivity index (χ4n) is 1.86. The molecule has 0 aliphatic heterocycles. The minimum Gasteiger partial charge on any atom is -0.487 e. The van der Waals surface area contributed by atoms with Gasteiger partial charge in [-0.15, -0.1) is 0 Å². The lowest BCUT2D eigenvalue weighted by atomic mass is 10.1. The van der Waals surface area contributed by atoms with Crippen LogP contribution < -0.4 is 10.1 Å². The van der Waals surface area contributed by atoms with Crippen molar-refractivity contribution in [3.8, 4) is 5.75 Å². The first kappa shape index (κ1) is 16.3. The van der Waals surface area contributed by atoms with Crippen molar-refractivity contribution in [3.05, 3.63) is 62.8 Å². The molecule has 21 heavy (non-hydrogen) atoms. The SMILES string of the molecule is CCNCc1ccc(F)c(COc2cc(Br)ccc2Cl)c1. The second-order valence-corrected chi connectivity index (χ2v) is 5.89. The van der Waals surface area contributed by atoms with Crippen LogP contribution in [0.3, 0.4) is 0 Å². The number of rotatable bonds is 6. The van der Waals surface area contributed by atoms with Crippen LogP contribution in [-0.2, 0) is 13.2 Å². The van der Waals surface area contributed by atoms with E-state index >= 15 is 0 Å². The van der Waals surface area contributed by atoms with E-state index in [0.29, 0.717) is 22.9 Å². The van der Waals surface area contributed by atoms with Crippen molar-refractivity contribution >= 4 is 27.5 Å². The lowest BCUT2D eigenvalue weighted by molar-refractivity contribution is 0.299. The van der Waals surface area contributed by atoms with Gasteiger partial charge >= 0.3 is 0 Å². The van der Waals surface area contributed by atoms with Crippen molar-refractivity contribution in [2.45, 2.75) is 20.1 Å². The van der Waals surface area contributed by atoms with Crippen LogP contribution in [0.1, 0.15) is 18.1 Å². The Morgan fingerprint density at radius 2 is 2.05 bits per heavy atom. The number of benzene rings is 2. The summed E-state index contributed by atoms with van der Waals surface area (Å²) in [4.78, 5) is 0. The standard InChI is InChI=1S/C16H16BrClFNO/c1-2-20-9-11-3-6-15(19)12(7-11)10-21-16-8-13(17)4-5-14(16)18/h3-8,20H,2,9-10H2,1H3. The monoisotopic (exact) mass is 371 g/mol. The molecule has 0 heterocycles. The molecule has 2 nitrogen and oxygen atoms in total. The van der Waals surface area contributed by atoms with Gasteiger partial charge in [-0.3, -0.25) is 0 Å². The zero-order valence-corrected chi connectivity index (χ0v) is 14.0. The number of halogens is 3.